The zero-order valence-corrected chi connectivity index (χ0v) is 27.6. The predicted octanol–water partition coefficient (Wildman–Crippen LogP) is 8.13. The average Bonchev–Trinajstić information content (AvgIpc) is 3.55. The van der Waals surface area contributed by atoms with Gasteiger partial charge in [-0.3, -0.25) is 9.59 Å². The molecule has 2 aromatic heterocycles. The Balaban J connectivity index is 1.96. The summed E-state index contributed by atoms with van der Waals surface area (Å²) in [7, 11) is 3.19. The Morgan fingerprint density at radius 1 is 0.727 bits per heavy atom. The van der Waals surface area contributed by atoms with Crippen LogP contribution in [0.4, 0.5) is 0 Å². The summed E-state index contributed by atoms with van der Waals surface area (Å²) in [5.41, 5.74) is 2.85. The molecule has 0 atom stereocenters. The number of hydrogen-bond acceptors (Lipinski definition) is 9. The molecule has 234 valence electrons. The van der Waals surface area contributed by atoms with Crippen molar-refractivity contribution in [1.29, 1.82) is 0 Å². The number of benzene rings is 2. The van der Waals surface area contributed by atoms with E-state index in [0.29, 0.717) is 34.1 Å². The van der Waals surface area contributed by atoms with E-state index in [1.54, 1.807) is 21.1 Å². The molecule has 0 aliphatic carbocycles. The summed E-state index contributed by atoms with van der Waals surface area (Å²) in [5, 5.41) is 9.83. The maximum absolute atomic E-state index is 12.7. The first kappa shape index (κ1) is 32.9. The fraction of sp³-hybridized carbons (Fsp3) is 0.353. The fourth-order valence-electron chi connectivity index (χ4n) is 4.83. The first-order valence-electron chi connectivity index (χ1n) is 14.4. The van der Waals surface area contributed by atoms with Crippen LogP contribution in [0.3, 0.4) is 0 Å². The number of carboxylic acids is 1. The van der Waals surface area contributed by atoms with Crippen molar-refractivity contribution in [3.05, 3.63) is 59.7 Å². The summed E-state index contributed by atoms with van der Waals surface area (Å²) in [5.74, 6) is 1.16. The summed E-state index contributed by atoms with van der Waals surface area (Å²) in [6.45, 7) is 9.83. The van der Waals surface area contributed by atoms with Gasteiger partial charge in [-0.1, -0.05) is 12.1 Å². The number of carboxylic acid groups (broad SMARTS) is 1. The summed E-state index contributed by atoms with van der Waals surface area (Å²) in [6, 6.07) is 15.0. The van der Waals surface area contributed by atoms with E-state index >= 15 is 0 Å². The lowest BCUT2D eigenvalue weighted by atomic mass is 10.0. The van der Waals surface area contributed by atoms with Crippen molar-refractivity contribution < 1.29 is 38.4 Å². The number of methoxy groups -OCH3 is 2. The third kappa shape index (κ3) is 7.54. The van der Waals surface area contributed by atoms with E-state index in [1.807, 2.05) is 76.2 Å². The third-order valence-electron chi connectivity index (χ3n) is 6.44. The molecule has 2 heterocycles. The molecule has 0 unspecified atom stereocenters. The molecule has 2 aromatic carbocycles. The molecule has 0 radical (unpaired) electrons. The number of ether oxygens (including phenoxy) is 5. The van der Waals surface area contributed by atoms with E-state index in [-0.39, 0.29) is 37.6 Å². The van der Waals surface area contributed by atoms with Gasteiger partial charge < -0.3 is 28.8 Å². The Morgan fingerprint density at radius 3 is 1.55 bits per heavy atom. The van der Waals surface area contributed by atoms with Gasteiger partial charge in [0.05, 0.1) is 57.0 Å². The molecular formula is C34H38O8S2. The zero-order chi connectivity index (χ0) is 32.0. The molecule has 1 N–H and O–H groups in total. The number of rotatable bonds is 14. The second-order valence-corrected chi connectivity index (χ2v) is 12.6. The van der Waals surface area contributed by atoms with E-state index in [2.05, 4.69) is 0 Å². The molecule has 0 aliphatic heterocycles. The van der Waals surface area contributed by atoms with E-state index < -0.39 is 5.97 Å². The standard InChI is InChI=1S/C34H38O8S2/c1-8-40-30(37)18-22-16-28(44-34(22)32-24(39-7)12-10-14-26(32)42-20(4)5)27-15-21(17-29(35)36)33(43-27)31-23(38-6)11-9-13-25(31)41-19(2)3/h9-16,19-20H,8,17-18H2,1-7H3,(H,35,36). The molecule has 0 amide bonds. The highest BCUT2D eigenvalue weighted by Crippen LogP contribution is 2.51. The number of thiophene rings is 2. The smallest absolute Gasteiger partial charge is 0.310 e. The van der Waals surface area contributed by atoms with Crippen molar-refractivity contribution >= 4 is 34.6 Å². The molecule has 8 nitrogen and oxygen atoms in total. The van der Waals surface area contributed by atoms with Gasteiger partial charge in [0.25, 0.3) is 0 Å². The lowest BCUT2D eigenvalue weighted by Gasteiger charge is -2.17. The molecule has 10 heteroatoms. The minimum Gasteiger partial charge on any atom is -0.496 e. The highest BCUT2D eigenvalue weighted by molar-refractivity contribution is 7.25. The molecule has 0 bridgehead atoms. The molecule has 0 fully saturated rings. The first-order valence-corrected chi connectivity index (χ1v) is 16.0. The van der Waals surface area contributed by atoms with E-state index in [0.717, 1.165) is 30.6 Å². The van der Waals surface area contributed by atoms with Crippen molar-refractivity contribution in [3.63, 3.8) is 0 Å². The Kier molecular flexibility index (Phi) is 10.9. The quantitative estimate of drug-likeness (QED) is 0.138. The molecule has 0 spiro atoms. The zero-order valence-electron chi connectivity index (χ0n) is 26.0. The van der Waals surface area contributed by atoms with Crippen molar-refractivity contribution in [2.45, 2.75) is 59.7 Å². The minimum absolute atomic E-state index is 0.0535. The summed E-state index contributed by atoms with van der Waals surface area (Å²) in [6.07, 6.45) is -0.317. The normalized spacial score (nSPS) is 11.1. The van der Waals surface area contributed by atoms with Crippen molar-refractivity contribution in [1.82, 2.24) is 0 Å². The van der Waals surface area contributed by atoms with Crippen LogP contribution in [0.5, 0.6) is 23.0 Å². The maximum atomic E-state index is 12.7. The van der Waals surface area contributed by atoms with Crippen LogP contribution in [-0.2, 0) is 27.2 Å². The summed E-state index contributed by atoms with van der Waals surface area (Å²) >= 11 is 2.95. The van der Waals surface area contributed by atoms with Crippen LogP contribution in [0.25, 0.3) is 30.6 Å². The van der Waals surface area contributed by atoms with Gasteiger partial charge in [0, 0.05) is 19.5 Å². The minimum atomic E-state index is -0.948. The van der Waals surface area contributed by atoms with Crippen LogP contribution < -0.4 is 18.9 Å². The topological polar surface area (TPSA) is 101 Å². The van der Waals surface area contributed by atoms with Crippen LogP contribution in [0.1, 0.15) is 45.7 Å². The molecular weight excluding hydrogens is 601 g/mol. The monoisotopic (exact) mass is 638 g/mol. The second kappa shape index (κ2) is 14.6. The van der Waals surface area contributed by atoms with Gasteiger partial charge in [-0.25, -0.2) is 0 Å². The molecule has 0 aliphatic rings. The lowest BCUT2D eigenvalue weighted by molar-refractivity contribution is -0.142. The van der Waals surface area contributed by atoms with Crippen LogP contribution in [0.2, 0.25) is 0 Å². The van der Waals surface area contributed by atoms with Crippen molar-refractivity contribution in [3.8, 4) is 53.6 Å². The molecule has 4 aromatic rings. The van der Waals surface area contributed by atoms with Crippen LogP contribution in [0.15, 0.2) is 48.5 Å². The number of carbonyl (C=O) groups is 2. The second-order valence-electron chi connectivity index (χ2n) is 10.5. The van der Waals surface area contributed by atoms with E-state index in [9.17, 15) is 14.7 Å². The molecule has 0 saturated carbocycles. The van der Waals surface area contributed by atoms with Gasteiger partial charge in [-0.2, -0.15) is 0 Å². The Morgan fingerprint density at radius 2 is 1.16 bits per heavy atom. The van der Waals surface area contributed by atoms with Crippen LogP contribution in [0, 0.1) is 0 Å². The average molecular weight is 639 g/mol. The van der Waals surface area contributed by atoms with Crippen molar-refractivity contribution in [2.75, 3.05) is 20.8 Å². The van der Waals surface area contributed by atoms with Crippen LogP contribution >= 0.6 is 22.7 Å². The Hall–Kier alpha value is -4.02. The van der Waals surface area contributed by atoms with Gasteiger partial charge in [-0.05, 0) is 82.1 Å². The number of aliphatic carboxylic acids is 1. The van der Waals surface area contributed by atoms with E-state index in [4.69, 9.17) is 23.7 Å². The summed E-state index contributed by atoms with van der Waals surface area (Å²) < 4.78 is 29.1. The largest absolute Gasteiger partial charge is 0.496 e. The van der Waals surface area contributed by atoms with Gasteiger partial charge in [-0.15, -0.1) is 22.7 Å². The van der Waals surface area contributed by atoms with Gasteiger partial charge in [0.1, 0.15) is 23.0 Å². The number of hydrogen-bond donors (Lipinski definition) is 1. The van der Waals surface area contributed by atoms with Crippen molar-refractivity contribution in [2.24, 2.45) is 0 Å². The molecule has 4 rings (SSSR count). The van der Waals surface area contributed by atoms with Crippen LogP contribution in [-0.4, -0.2) is 50.1 Å². The lowest BCUT2D eigenvalue weighted by Crippen LogP contribution is -2.09. The number of carbonyl (C=O) groups excluding carboxylic acids is 1. The third-order valence-corrected chi connectivity index (χ3v) is 9.02. The highest BCUT2D eigenvalue weighted by atomic mass is 32.1. The predicted molar refractivity (Wildman–Crippen MR) is 175 cm³/mol. The molecule has 44 heavy (non-hydrogen) atoms. The number of esters is 1. The Bertz CT molecular complexity index is 1620. The molecule has 0 saturated heterocycles. The maximum Gasteiger partial charge on any atom is 0.310 e. The SMILES string of the molecule is CCOC(=O)Cc1cc(-c2cc(CC(=O)O)c(-c3c(OC)cccc3OC(C)C)s2)sc1-c1c(OC)cccc1OC(C)C. The summed E-state index contributed by atoms with van der Waals surface area (Å²) in [4.78, 5) is 28.0. The highest BCUT2D eigenvalue weighted by Gasteiger charge is 2.26. The van der Waals surface area contributed by atoms with Gasteiger partial charge >= 0.3 is 11.9 Å². The first-order chi connectivity index (χ1) is 21.1. The fourth-order valence-corrected chi connectivity index (χ4v) is 7.37. The van der Waals surface area contributed by atoms with Gasteiger partial charge in [0.15, 0.2) is 0 Å². The van der Waals surface area contributed by atoms with E-state index in [1.165, 1.54) is 22.7 Å². The van der Waals surface area contributed by atoms with Gasteiger partial charge in [0.2, 0.25) is 0 Å². The Labute approximate surface area is 266 Å².